The maximum absolute atomic E-state index is 12.8. The van der Waals surface area contributed by atoms with E-state index >= 15 is 0 Å². The number of aliphatic hydroxyl groups is 1. The first-order chi connectivity index (χ1) is 12.2. The standard InChI is InChI=1S/C19H24N4O2.ClH/c24-15-9-14(10-15)18(12-3-5-20-6-4-12)23-19(25)13-1-2-16-17(11-13)22-8-7-21-16;/h1-2,7-8,11-12,14-15,18,20,24H,3-6,9-10H2,(H,23,25);1H. The van der Waals surface area contributed by atoms with E-state index in [9.17, 15) is 9.90 Å². The predicted octanol–water partition coefficient (Wildman–Crippen LogP) is 1.92. The molecule has 1 saturated carbocycles. The summed E-state index contributed by atoms with van der Waals surface area (Å²) in [5.74, 6) is 0.794. The summed E-state index contributed by atoms with van der Waals surface area (Å²) in [5.41, 5.74) is 2.13. The minimum atomic E-state index is -0.206. The molecule has 1 saturated heterocycles. The van der Waals surface area contributed by atoms with E-state index in [1.807, 2.05) is 6.07 Å². The van der Waals surface area contributed by atoms with Crippen LogP contribution in [0, 0.1) is 11.8 Å². The van der Waals surface area contributed by atoms with E-state index in [2.05, 4.69) is 20.6 Å². The molecule has 0 spiro atoms. The Morgan fingerprint density at radius 3 is 2.50 bits per heavy atom. The van der Waals surface area contributed by atoms with Gasteiger partial charge in [-0.15, -0.1) is 12.4 Å². The van der Waals surface area contributed by atoms with Crippen LogP contribution in [-0.4, -0.2) is 46.2 Å². The lowest BCUT2D eigenvalue weighted by molar-refractivity contribution is 0.00919. The van der Waals surface area contributed by atoms with Gasteiger partial charge >= 0.3 is 0 Å². The predicted molar refractivity (Wildman–Crippen MR) is 102 cm³/mol. The van der Waals surface area contributed by atoms with Crippen molar-refractivity contribution in [2.45, 2.75) is 37.8 Å². The molecule has 1 aliphatic heterocycles. The monoisotopic (exact) mass is 376 g/mol. The number of hydrogen-bond acceptors (Lipinski definition) is 5. The molecule has 0 radical (unpaired) electrons. The molecule has 1 aromatic heterocycles. The Labute approximate surface area is 159 Å². The second-order valence-corrected chi connectivity index (χ2v) is 7.23. The Morgan fingerprint density at radius 1 is 1.12 bits per heavy atom. The SMILES string of the molecule is Cl.O=C(NC(C1CCNCC1)C1CC(O)C1)c1ccc2nccnc2c1. The Bertz CT molecular complexity index is 760. The third-order valence-corrected chi connectivity index (χ3v) is 5.58. The van der Waals surface area contributed by atoms with Gasteiger partial charge in [-0.2, -0.15) is 0 Å². The Morgan fingerprint density at radius 2 is 1.81 bits per heavy atom. The molecule has 4 rings (SSSR count). The normalized spacial score (nSPS) is 24.3. The van der Waals surface area contributed by atoms with Gasteiger partial charge in [0.25, 0.3) is 5.91 Å². The zero-order valence-corrected chi connectivity index (χ0v) is 15.4. The molecule has 2 fully saturated rings. The van der Waals surface area contributed by atoms with Crippen LogP contribution in [0.2, 0.25) is 0 Å². The molecule has 1 amide bonds. The molecule has 2 aromatic rings. The van der Waals surface area contributed by atoms with E-state index in [1.54, 1.807) is 24.5 Å². The zero-order valence-electron chi connectivity index (χ0n) is 14.6. The number of benzene rings is 1. The van der Waals surface area contributed by atoms with Crippen molar-refractivity contribution in [3.63, 3.8) is 0 Å². The summed E-state index contributed by atoms with van der Waals surface area (Å²) < 4.78 is 0. The third-order valence-electron chi connectivity index (χ3n) is 5.58. The molecule has 3 N–H and O–H groups in total. The Balaban J connectivity index is 0.00000196. The van der Waals surface area contributed by atoms with Crippen molar-refractivity contribution in [3.05, 3.63) is 36.2 Å². The Kier molecular flexibility index (Phi) is 6.06. The smallest absolute Gasteiger partial charge is 0.251 e. The summed E-state index contributed by atoms with van der Waals surface area (Å²) in [6.45, 7) is 2.00. The van der Waals surface area contributed by atoms with Crippen LogP contribution in [0.4, 0.5) is 0 Å². The van der Waals surface area contributed by atoms with E-state index in [4.69, 9.17) is 0 Å². The first-order valence-corrected chi connectivity index (χ1v) is 9.11. The summed E-state index contributed by atoms with van der Waals surface area (Å²) >= 11 is 0. The highest BCUT2D eigenvalue weighted by molar-refractivity contribution is 5.97. The number of hydrogen-bond donors (Lipinski definition) is 3. The number of nitrogens with one attached hydrogen (secondary N) is 2. The van der Waals surface area contributed by atoms with E-state index in [0.717, 1.165) is 49.8 Å². The molecule has 2 heterocycles. The first kappa shape index (κ1) is 19.0. The highest BCUT2D eigenvalue weighted by Gasteiger charge is 2.39. The van der Waals surface area contributed by atoms with E-state index in [0.29, 0.717) is 17.4 Å². The second kappa shape index (κ2) is 8.29. The third kappa shape index (κ3) is 3.98. The number of halogens is 1. The topological polar surface area (TPSA) is 87.1 Å². The fourth-order valence-corrected chi connectivity index (χ4v) is 4.09. The van der Waals surface area contributed by atoms with Crippen molar-refractivity contribution in [2.75, 3.05) is 13.1 Å². The maximum atomic E-state index is 12.8. The summed E-state index contributed by atoms with van der Waals surface area (Å²) in [4.78, 5) is 21.4. The quantitative estimate of drug-likeness (QED) is 0.758. The Hall–Kier alpha value is -1.76. The number of carbonyl (C=O) groups excluding carboxylic acids is 1. The maximum Gasteiger partial charge on any atom is 0.251 e. The number of piperidine rings is 1. The molecular formula is C19H25ClN4O2. The van der Waals surface area contributed by atoms with Crippen LogP contribution in [0.25, 0.3) is 11.0 Å². The molecule has 1 aromatic carbocycles. The van der Waals surface area contributed by atoms with Crippen LogP contribution < -0.4 is 10.6 Å². The van der Waals surface area contributed by atoms with Crippen molar-refractivity contribution in [1.82, 2.24) is 20.6 Å². The van der Waals surface area contributed by atoms with Gasteiger partial charge in [-0.1, -0.05) is 0 Å². The van der Waals surface area contributed by atoms with Gasteiger partial charge in [0.1, 0.15) is 0 Å². The van der Waals surface area contributed by atoms with Gasteiger partial charge in [-0.3, -0.25) is 14.8 Å². The zero-order chi connectivity index (χ0) is 17.2. The van der Waals surface area contributed by atoms with E-state index in [1.165, 1.54) is 0 Å². The van der Waals surface area contributed by atoms with Crippen molar-refractivity contribution in [1.29, 1.82) is 0 Å². The van der Waals surface area contributed by atoms with Crippen LogP contribution in [0.3, 0.4) is 0 Å². The molecule has 2 aliphatic rings. The van der Waals surface area contributed by atoms with E-state index < -0.39 is 0 Å². The van der Waals surface area contributed by atoms with Gasteiger partial charge in [0.15, 0.2) is 0 Å². The van der Waals surface area contributed by atoms with Gasteiger partial charge < -0.3 is 15.7 Å². The number of amides is 1. The summed E-state index contributed by atoms with van der Waals surface area (Å²) in [7, 11) is 0. The van der Waals surface area contributed by atoms with Crippen LogP contribution in [0.15, 0.2) is 30.6 Å². The fraction of sp³-hybridized carbons (Fsp3) is 0.526. The van der Waals surface area contributed by atoms with Crippen LogP contribution >= 0.6 is 12.4 Å². The lowest BCUT2D eigenvalue weighted by Crippen LogP contribution is -2.52. The summed E-state index contributed by atoms with van der Waals surface area (Å²) in [6, 6.07) is 5.58. The van der Waals surface area contributed by atoms with E-state index in [-0.39, 0.29) is 30.5 Å². The van der Waals surface area contributed by atoms with Gasteiger partial charge in [0, 0.05) is 24.0 Å². The molecule has 1 atom stereocenters. The number of carbonyl (C=O) groups is 1. The molecular weight excluding hydrogens is 352 g/mol. The minimum Gasteiger partial charge on any atom is -0.393 e. The molecule has 1 unspecified atom stereocenters. The number of fused-ring (bicyclic) bond motifs is 1. The number of nitrogens with zero attached hydrogens (tertiary/aromatic N) is 2. The number of aromatic nitrogens is 2. The molecule has 6 nitrogen and oxygen atoms in total. The molecule has 7 heteroatoms. The van der Waals surface area contributed by atoms with Gasteiger partial charge in [0.2, 0.25) is 0 Å². The highest BCUT2D eigenvalue weighted by Crippen LogP contribution is 2.36. The number of aliphatic hydroxyl groups excluding tert-OH is 1. The molecule has 0 bridgehead atoms. The van der Waals surface area contributed by atoms with Crippen molar-refractivity contribution >= 4 is 29.3 Å². The lowest BCUT2D eigenvalue weighted by atomic mass is 9.71. The average molecular weight is 377 g/mol. The van der Waals surface area contributed by atoms with Crippen LogP contribution in [0.5, 0.6) is 0 Å². The van der Waals surface area contributed by atoms with Crippen molar-refractivity contribution in [3.8, 4) is 0 Å². The van der Waals surface area contributed by atoms with Crippen molar-refractivity contribution in [2.24, 2.45) is 11.8 Å². The number of rotatable bonds is 4. The van der Waals surface area contributed by atoms with Crippen LogP contribution in [-0.2, 0) is 0 Å². The van der Waals surface area contributed by atoms with Gasteiger partial charge in [0.05, 0.1) is 17.1 Å². The van der Waals surface area contributed by atoms with Crippen LogP contribution in [0.1, 0.15) is 36.0 Å². The molecule has 140 valence electrons. The van der Waals surface area contributed by atoms with Gasteiger partial charge in [-0.05, 0) is 68.8 Å². The summed E-state index contributed by atoms with van der Waals surface area (Å²) in [5, 5.41) is 16.3. The van der Waals surface area contributed by atoms with Gasteiger partial charge in [-0.25, -0.2) is 0 Å². The molecule has 1 aliphatic carbocycles. The average Bonchev–Trinajstić information content (AvgIpc) is 2.64. The highest BCUT2D eigenvalue weighted by atomic mass is 35.5. The second-order valence-electron chi connectivity index (χ2n) is 7.23. The minimum absolute atomic E-state index is 0. The lowest BCUT2D eigenvalue weighted by Gasteiger charge is -2.43. The first-order valence-electron chi connectivity index (χ1n) is 9.11. The van der Waals surface area contributed by atoms with Crippen molar-refractivity contribution < 1.29 is 9.90 Å². The molecule has 26 heavy (non-hydrogen) atoms. The largest absolute Gasteiger partial charge is 0.393 e. The summed E-state index contributed by atoms with van der Waals surface area (Å²) in [6.07, 6.45) is 6.80. The fourth-order valence-electron chi connectivity index (χ4n) is 4.09.